The van der Waals surface area contributed by atoms with Gasteiger partial charge in [0.1, 0.15) is 6.23 Å². The van der Waals surface area contributed by atoms with Crippen molar-refractivity contribution in [1.82, 2.24) is 9.55 Å². The van der Waals surface area contributed by atoms with Crippen molar-refractivity contribution in [3.05, 3.63) is 32.6 Å². The van der Waals surface area contributed by atoms with E-state index in [-0.39, 0.29) is 24.5 Å². The molecule has 0 saturated carbocycles. The lowest BCUT2D eigenvalue weighted by atomic mass is 10.2. The molecule has 0 amide bonds. The second-order valence-corrected chi connectivity index (χ2v) is 4.15. The van der Waals surface area contributed by atoms with E-state index in [0.717, 1.165) is 0 Å². The predicted molar refractivity (Wildman–Crippen MR) is 60.9 cm³/mol. The van der Waals surface area contributed by atoms with Crippen LogP contribution in [0.5, 0.6) is 0 Å². The molecule has 6 nitrogen and oxygen atoms in total. The molecule has 1 saturated heterocycles. The molecule has 17 heavy (non-hydrogen) atoms. The number of aryl methyl sites for hydroxylation is 1. The van der Waals surface area contributed by atoms with Gasteiger partial charge in [-0.15, -0.1) is 0 Å². The third-order valence-corrected chi connectivity index (χ3v) is 3.02. The second kappa shape index (κ2) is 4.85. The molecule has 1 aromatic heterocycles. The highest BCUT2D eigenvalue weighted by molar-refractivity contribution is 5.04. The van der Waals surface area contributed by atoms with Gasteiger partial charge in [0.15, 0.2) is 0 Å². The van der Waals surface area contributed by atoms with Gasteiger partial charge in [0.25, 0.3) is 5.56 Å². The lowest BCUT2D eigenvalue weighted by Crippen LogP contribution is -2.34. The number of aromatic amines is 1. The van der Waals surface area contributed by atoms with Gasteiger partial charge in [-0.2, -0.15) is 0 Å². The third kappa shape index (κ3) is 2.32. The molecule has 1 aliphatic rings. The Kier molecular flexibility index (Phi) is 3.44. The number of hydrogen-bond acceptors (Lipinski definition) is 4. The van der Waals surface area contributed by atoms with Crippen LogP contribution in [0.15, 0.2) is 15.8 Å². The Morgan fingerprint density at radius 2 is 2.29 bits per heavy atom. The van der Waals surface area contributed by atoms with E-state index in [9.17, 15) is 9.59 Å². The topological polar surface area (TPSA) is 84.3 Å². The molecule has 1 fully saturated rings. The summed E-state index contributed by atoms with van der Waals surface area (Å²) in [5.74, 6) is 0. The maximum absolute atomic E-state index is 11.7. The van der Waals surface area contributed by atoms with Crippen LogP contribution in [0.3, 0.4) is 0 Å². The van der Waals surface area contributed by atoms with E-state index in [1.807, 2.05) is 6.92 Å². The molecule has 2 heterocycles. The number of rotatable bonds is 3. The van der Waals surface area contributed by atoms with Crippen LogP contribution in [0.4, 0.5) is 0 Å². The molecule has 1 aromatic rings. The number of ether oxygens (including phenoxy) is 1. The van der Waals surface area contributed by atoms with Gasteiger partial charge in [-0.1, -0.05) is 6.92 Å². The summed E-state index contributed by atoms with van der Waals surface area (Å²) in [6, 6.07) is 0. The van der Waals surface area contributed by atoms with Crippen molar-refractivity contribution in [2.75, 3.05) is 6.61 Å². The molecule has 0 spiro atoms. The average Bonchev–Trinajstić information content (AvgIpc) is 2.78. The summed E-state index contributed by atoms with van der Waals surface area (Å²) in [5, 5.41) is 8.97. The summed E-state index contributed by atoms with van der Waals surface area (Å²) in [7, 11) is 0. The standard InChI is InChI=1S/C11H16N2O4/c1-2-7-5-13(11(16)12-10(7)15)9-4-3-8(6-14)17-9/h5,8-9,14H,2-4,6H2,1H3,(H,12,15,16)/t8-,9+/m0/s1. The van der Waals surface area contributed by atoms with Gasteiger partial charge in [-0.3, -0.25) is 14.3 Å². The summed E-state index contributed by atoms with van der Waals surface area (Å²) in [6.45, 7) is 1.81. The maximum Gasteiger partial charge on any atom is 0.330 e. The molecule has 0 aromatic carbocycles. The Hall–Kier alpha value is -1.40. The van der Waals surface area contributed by atoms with E-state index in [2.05, 4.69) is 4.98 Å². The fourth-order valence-corrected chi connectivity index (χ4v) is 2.02. The maximum atomic E-state index is 11.7. The Balaban J connectivity index is 2.33. The van der Waals surface area contributed by atoms with Crippen molar-refractivity contribution in [3.8, 4) is 0 Å². The van der Waals surface area contributed by atoms with E-state index in [4.69, 9.17) is 9.84 Å². The summed E-state index contributed by atoms with van der Waals surface area (Å²) >= 11 is 0. The molecule has 0 radical (unpaired) electrons. The van der Waals surface area contributed by atoms with Crippen LogP contribution >= 0.6 is 0 Å². The second-order valence-electron chi connectivity index (χ2n) is 4.15. The van der Waals surface area contributed by atoms with Gasteiger partial charge in [-0.05, 0) is 19.3 Å². The van der Waals surface area contributed by atoms with Gasteiger partial charge in [-0.25, -0.2) is 4.79 Å². The van der Waals surface area contributed by atoms with Crippen molar-refractivity contribution < 1.29 is 9.84 Å². The number of aromatic nitrogens is 2. The minimum Gasteiger partial charge on any atom is -0.394 e. The number of aliphatic hydroxyl groups is 1. The first-order chi connectivity index (χ1) is 8.15. The van der Waals surface area contributed by atoms with E-state index < -0.39 is 5.69 Å². The Labute approximate surface area is 97.9 Å². The van der Waals surface area contributed by atoms with Crippen molar-refractivity contribution in [3.63, 3.8) is 0 Å². The Morgan fingerprint density at radius 3 is 2.88 bits per heavy atom. The molecule has 1 aliphatic heterocycles. The van der Waals surface area contributed by atoms with E-state index in [1.165, 1.54) is 4.57 Å². The number of nitrogens with zero attached hydrogens (tertiary/aromatic N) is 1. The lowest BCUT2D eigenvalue weighted by Gasteiger charge is -2.15. The number of hydrogen-bond donors (Lipinski definition) is 2. The van der Waals surface area contributed by atoms with Gasteiger partial charge >= 0.3 is 5.69 Å². The molecule has 2 rings (SSSR count). The Bertz CT molecular complexity index is 505. The van der Waals surface area contributed by atoms with Gasteiger partial charge in [0, 0.05) is 11.8 Å². The van der Waals surface area contributed by atoms with E-state index >= 15 is 0 Å². The van der Waals surface area contributed by atoms with Gasteiger partial charge in [0.05, 0.1) is 12.7 Å². The minimum absolute atomic E-state index is 0.0464. The number of H-pyrrole nitrogens is 1. The van der Waals surface area contributed by atoms with Gasteiger partial charge < -0.3 is 9.84 Å². The molecule has 94 valence electrons. The first-order valence-electron chi connectivity index (χ1n) is 5.76. The van der Waals surface area contributed by atoms with Crippen LogP contribution in [0.2, 0.25) is 0 Å². The summed E-state index contributed by atoms with van der Waals surface area (Å²) < 4.78 is 6.91. The highest BCUT2D eigenvalue weighted by Gasteiger charge is 2.26. The average molecular weight is 240 g/mol. The van der Waals surface area contributed by atoms with Crippen molar-refractivity contribution in [2.24, 2.45) is 0 Å². The zero-order valence-electron chi connectivity index (χ0n) is 9.68. The molecular weight excluding hydrogens is 224 g/mol. The molecule has 0 aliphatic carbocycles. The number of aliphatic hydroxyl groups excluding tert-OH is 1. The molecule has 0 unspecified atom stereocenters. The van der Waals surface area contributed by atoms with Crippen LogP contribution in [-0.4, -0.2) is 27.4 Å². The fourth-order valence-electron chi connectivity index (χ4n) is 2.02. The molecule has 2 N–H and O–H groups in total. The van der Waals surface area contributed by atoms with Gasteiger partial charge in [0.2, 0.25) is 0 Å². The van der Waals surface area contributed by atoms with E-state index in [1.54, 1.807) is 6.20 Å². The van der Waals surface area contributed by atoms with Crippen LogP contribution in [0.1, 0.15) is 31.6 Å². The van der Waals surface area contributed by atoms with Crippen molar-refractivity contribution >= 4 is 0 Å². The van der Waals surface area contributed by atoms with Crippen molar-refractivity contribution in [2.45, 2.75) is 38.5 Å². The largest absolute Gasteiger partial charge is 0.394 e. The van der Waals surface area contributed by atoms with Crippen LogP contribution in [0.25, 0.3) is 0 Å². The predicted octanol–water partition coefficient (Wildman–Crippen LogP) is -0.231. The summed E-state index contributed by atoms with van der Waals surface area (Å²) in [4.78, 5) is 25.3. The molecule has 6 heteroatoms. The minimum atomic E-state index is -0.462. The first kappa shape index (κ1) is 12.1. The van der Waals surface area contributed by atoms with Crippen LogP contribution < -0.4 is 11.2 Å². The molecule has 0 bridgehead atoms. The van der Waals surface area contributed by atoms with Crippen LogP contribution in [0, 0.1) is 0 Å². The zero-order chi connectivity index (χ0) is 12.4. The lowest BCUT2D eigenvalue weighted by molar-refractivity contribution is -0.0247. The monoisotopic (exact) mass is 240 g/mol. The number of nitrogens with one attached hydrogen (secondary N) is 1. The quantitative estimate of drug-likeness (QED) is 0.764. The van der Waals surface area contributed by atoms with Crippen molar-refractivity contribution in [1.29, 1.82) is 0 Å². The molecular formula is C11H16N2O4. The normalized spacial score (nSPS) is 24.1. The zero-order valence-corrected chi connectivity index (χ0v) is 9.68. The summed E-state index contributed by atoms with van der Waals surface area (Å²) in [6.07, 6.45) is 2.89. The molecule has 2 atom stereocenters. The Morgan fingerprint density at radius 1 is 1.53 bits per heavy atom. The first-order valence-corrected chi connectivity index (χ1v) is 5.76. The highest BCUT2D eigenvalue weighted by atomic mass is 16.5. The SMILES string of the molecule is CCc1cn([C@H]2CC[C@@H](CO)O2)c(=O)[nH]c1=O. The third-order valence-electron chi connectivity index (χ3n) is 3.02. The summed E-state index contributed by atoms with van der Waals surface area (Å²) in [5.41, 5.74) is -0.248. The van der Waals surface area contributed by atoms with E-state index in [0.29, 0.717) is 24.8 Å². The van der Waals surface area contributed by atoms with Crippen LogP contribution in [-0.2, 0) is 11.2 Å². The fraction of sp³-hybridized carbons (Fsp3) is 0.636. The highest BCUT2D eigenvalue weighted by Crippen LogP contribution is 2.26. The smallest absolute Gasteiger partial charge is 0.330 e.